The van der Waals surface area contributed by atoms with E-state index in [1.165, 1.54) is 12.8 Å². The summed E-state index contributed by atoms with van der Waals surface area (Å²) in [6, 6.07) is 11.7. The second-order valence-electron chi connectivity index (χ2n) is 6.96. The minimum atomic E-state index is -0.0843. The van der Waals surface area contributed by atoms with Gasteiger partial charge in [0.05, 0.1) is 12.7 Å². The number of benzene rings is 1. The van der Waals surface area contributed by atoms with E-state index in [2.05, 4.69) is 22.1 Å². The van der Waals surface area contributed by atoms with Gasteiger partial charge in [-0.15, -0.1) is 0 Å². The molecule has 1 aromatic carbocycles. The number of pyridine rings is 1. The van der Waals surface area contributed by atoms with Gasteiger partial charge >= 0.3 is 0 Å². The highest BCUT2D eigenvalue weighted by Crippen LogP contribution is 2.21. The van der Waals surface area contributed by atoms with E-state index < -0.39 is 0 Å². The van der Waals surface area contributed by atoms with Gasteiger partial charge in [-0.05, 0) is 55.0 Å². The summed E-state index contributed by atoms with van der Waals surface area (Å²) in [7, 11) is 1.65. The molecule has 5 nitrogen and oxygen atoms in total. The summed E-state index contributed by atoms with van der Waals surface area (Å²) in [5, 5.41) is 2.96. The number of anilines is 1. The summed E-state index contributed by atoms with van der Waals surface area (Å²) >= 11 is 0. The summed E-state index contributed by atoms with van der Waals surface area (Å²) < 4.78 is 5.22. The zero-order valence-corrected chi connectivity index (χ0v) is 15.6. The Balaban J connectivity index is 1.51. The first kappa shape index (κ1) is 18.2. The van der Waals surface area contributed by atoms with Gasteiger partial charge in [0.1, 0.15) is 11.6 Å². The average molecular weight is 353 g/mol. The number of piperidine rings is 1. The molecule has 26 heavy (non-hydrogen) atoms. The van der Waals surface area contributed by atoms with Crippen molar-refractivity contribution in [3.63, 3.8) is 0 Å². The van der Waals surface area contributed by atoms with Crippen LogP contribution in [-0.2, 0) is 6.42 Å². The van der Waals surface area contributed by atoms with Crippen LogP contribution in [0.2, 0.25) is 0 Å². The number of ether oxygens (including phenoxy) is 1. The van der Waals surface area contributed by atoms with E-state index in [4.69, 9.17) is 4.74 Å². The minimum Gasteiger partial charge on any atom is -0.497 e. The summed E-state index contributed by atoms with van der Waals surface area (Å²) in [5.41, 5.74) is 1.74. The predicted molar refractivity (Wildman–Crippen MR) is 104 cm³/mol. The number of methoxy groups -OCH3 is 1. The van der Waals surface area contributed by atoms with Crippen molar-refractivity contribution >= 4 is 11.7 Å². The van der Waals surface area contributed by atoms with E-state index in [0.717, 1.165) is 36.6 Å². The Bertz CT molecular complexity index is 730. The van der Waals surface area contributed by atoms with Crippen molar-refractivity contribution < 1.29 is 9.53 Å². The molecule has 3 rings (SSSR count). The quantitative estimate of drug-likeness (QED) is 0.866. The molecule has 1 atom stereocenters. The van der Waals surface area contributed by atoms with Crippen LogP contribution in [0.1, 0.15) is 35.7 Å². The van der Waals surface area contributed by atoms with E-state index in [0.29, 0.717) is 18.0 Å². The van der Waals surface area contributed by atoms with Gasteiger partial charge < -0.3 is 15.0 Å². The molecule has 1 saturated heterocycles. The third-order valence-corrected chi connectivity index (χ3v) is 4.82. The maximum Gasteiger partial charge on any atom is 0.252 e. The molecule has 1 aliphatic heterocycles. The number of nitrogens with zero attached hydrogens (tertiary/aromatic N) is 2. The van der Waals surface area contributed by atoms with Gasteiger partial charge in [0.15, 0.2) is 0 Å². The molecule has 1 unspecified atom stereocenters. The van der Waals surface area contributed by atoms with Crippen LogP contribution in [0.3, 0.4) is 0 Å². The van der Waals surface area contributed by atoms with E-state index in [-0.39, 0.29) is 5.91 Å². The molecule has 1 aromatic heterocycles. The van der Waals surface area contributed by atoms with Gasteiger partial charge in [0, 0.05) is 25.8 Å². The second-order valence-corrected chi connectivity index (χ2v) is 6.96. The Morgan fingerprint density at radius 1 is 1.35 bits per heavy atom. The molecule has 0 saturated carbocycles. The second kappa shape index (κ2) is 8.70. The topological polar surface area (TPSA) is 54.5 Å². The van der Waals surface area contributed by atoms with Crippen molar-refractivity contribution in [3.8, 4) is 5.75 Å². The maximum atomic E-state index is 12.3. The highest BCUT2D eigenvalue weighted by molar-refractivity contribution is 5.94. The zero-order valence-electron chi connectivity index (χ0n) is 15.6. The highest BCUT2D eigenvalue weighted by Gasteiger charge is 2.17. The van der Waals surface area contributed by atoms with Crippen LogP contribution in [0.25, 0.3) is 0 Å². The van der Waals surface area contributed by atoms with Crippen LogP contribution in [0, 0.1) is 5.92 Å². The van der Waals surface area contributed by atoms with Crippen LogP contribution in [0.15, 0.2) is 42.6 Å². The lowest BCUT2D eigenvalue weighted by atomic mass is 10.0. The normalized spacial score (nSPS) is 17.0. The molecule has 2 aromatic rings. The molecule has 1 amide bonds. The molecule has 1 N–H and O–H groups in total. The summed E-state index contributed by atoms with van der Waals surface area (Å²) in [6.45, 7) is 4.94. The fourth-order valence-electron chi connectivity index (χ4n) is 3.36. The fraction of sp³-hybridized carbons (Fsp3) is 0.429. The van der Waals surface area contributed by atoms with Gasteiger partial charge in [-0.25, -0.2) is 4.98 Å². The van der Waals surface area contributed by atoms with Crippen molar-refractivity contribution in [2.75, 3.05) is 31.6 Å². The van der Waals surface area contributed by atoms with Crippen molar-refractivity contribution in [1.29, 1.82) is 0 Å². The monoisotopic (exact) mass is 353 g/mol. The molecule has 0 radical (unpaired) electrons. The fourth-order valence-corrected chi connectivity index (χ4v) is 3.36. The first-order chi connectivity index (χ1) is 12.7. The lowest BCUT2D eigenvalue weighted by molar-refractivity contribution is 0.0954. The average Bonchev–Trinajstić information content (AvgIpc) is 2.68. The number of amides is 1. The first-order valence-electron chi connectivity index (χ1n) is 9.28. The number of hydrogen-bond acceptors (Lipinski definition) is 4. The smallest absolute Gasteiger partial charge is 0.252 e. The Morgan fingerprint density at radius 3 is 2.96 bits per heavy atom. The van der Waals surface area contributed by atoms with Gasteiger partial charge in [0.25, 0.3) is 5.91 Å². The van der Waals surface area contributed by atoms with E-state index in [1.807, 2.05) is 36.4 Å². The van der Waals surface area contributed by atoms with Crippen LogP contribution in [0.5, 0.6) is 5.75 Å². The van der Waals surface area contributed by atoms with Gasteiger partial charge in [-0.3, -0.25) is 4.79 Å². The van der Waals surface area contributed by atoms with Crippen molar-refractivity contribution in [2.45, 2.75) is 26.2 Å². The number of carbonyl (C=O) groups is 1. The molecular weight excluding hydrogens is 326 g/mol. The van der Waals surface area contributed by atoms with Crippen LogP contribution in [-0.4, -0.2) is 37.6 Å². The third-order valence-electron chi connectivity index (χ3n) is 4.82. The third kappa shape index (κ3) is 4.75. The van der Waals surface area contributed by atoms with Crippen molar-refractivity contribution in [1.82, 2.24) is 10.3 Å². The number of rotatable bonds is 6. The van der Waals surface area contributed by atoms with E-state index >= 15 is 0 Å². The van der Waals surface area contributed by atoms with Crippen LogP contribution in [0.4, 0.5) is 5.82 Å². The number of hydrogen-bond donors (Lipinski definition) is 1. The van der Waals surface area contributed by atoms with E-state index in [9.17, 15) is 4.79 Å². The van der Waals surface area contributed by atoms with Crippen molar-refractivity contribution in [3.05, 3.63) is 53.7 Å². The molecule has 1 aliphatic rings. The molecule has 0 spiro atoms. The Kier molecular flexibility index (Phi) is 6.10. The Morgan fingerprint density at radius 2 is 2.23 bits per heavy atom. The van der Waals surface area contributed by atoms with Crippen LogP contribution >= 0.6 is 0 Å². The molecule has 5 heteroatoms. The molecule has 2 heterocycles. The summed E-state index contributed by atoms with van der Waals surface area (Å²) in [6.07, 6.45) is 4.93. The largest absolute Gasteiger partial charge is 0.497 e. The Labute approximate surface area is 155 Å². The highest BCUT2D eigenvalue weighted by atomic mass is 16.5. The zero-order chi connectivity index (χ0) is 18.4. The summed E-state index contributed by atoms with van der Waals surface area (Å²) in [4.78, 5) is 19.1. The number of aromatic nitrogens is 1. The number of carbonyl (C=O) groups excluding carboxylic acids is 1. The molecule has 0 aliphatic carbocycles. The lowest BCUT2D eigenvalue weighted by Crippen LogP contribution is -2.34. The molecule has 0 bridgehead atoms. The standard InChI is InChI=1S/C21H27N3O2/c1-16-5-4-12-24(15-16)20-9-8-18(14-23-20)21(25)22-11-10-17-6-3-7-19(13-17)26-2/h3,6-9,13-14,16H,4-5,10-12,15H2,1-2H3,(H,22,25). The SMILES string of the molecule is COc1cccc(CCNC(=O)c2ccc(N3CCCC(C)C3)nc2)c1. The van der Waals surface area contributed by atoms with Gasteiger partial charge in [0.2, 0.25) is 0 Å². The van der Waals surface area contributed by atoms with Gasteiger partial charge in [-0.1, -0.05) is 19.1 Å². The van der Waals surface area contributed by atoms with Crippen molar-refractivity contribution in [2.24, 2.45) is 5.92 Å². The minimum absolute atomic E-state index is 0.0843. The summed E-state index contributed by atoms with van der Waals surface area (Å²) in [5.74, 6) is 2.41. The molecule has 1 fully saturated rings. The van der Waals surface area contributed by atoms with Crippen LogP contribution < -0.4 is 15.0 Å². The number of nitrogens with one attached hydrogen (secondary N) is 1. The van der Waals surface area contributed by atoms with Gasteiger partial charge in [-0.2, -0.15) is 0 Å². The first-order valence-corrected chi connectivity index (χ1v) is 9.28. The lowest BCUT2D eigenvalue weighted by Gasteiger charge is -2.31. The maximum absolute atomic E-state index is 12.3. The predicted octanol–water partition coefficient (Wildman–Crippen LogP) is 3.30. The van der Waals surface area contributed by atoms with E-state index in [1.54, 1.807) is 13.3 Å². The molecular formula is C21H27N3O2. The molecule has 138 valence electrons. The Hall–Kier alpha value is -2.56.